The zero-order valence-corrected chi connectivity index (χ0v) is 11.2. The zero-order valence-electron chi connectivity index (χ0n) is 11.2. The van der Waals surface area contributed by atoms with Crippen molar-refractivity contribution in [1.82, 2.24) is 5.32 Å². The molecule has 1 rings (SSSR count). The molecule has 0 spiro atoms. The highest BCUT2D eigenvalue weighted by Gasteiger charge is 2.30. The number of nitrogens with two attached hydrogens (primary N) is 1. The van der Waals surface area contributed by atoms with Crippen molar-refractivity contribution in [3.8, 4) is 0 Å². The van der Waals surface area contributed by atoms with Gasteiger partial charge in [0.2, 0.25) is 5.91 Å². The second kappa shape index (κ2) is 6.97. The average molecular weight is 242 g/mol. The normalized spacial score (nSPS) is 26.2. The van der Waals surface area contributed by atoms with Crippen LogP contribution in [0, 0.1) is 11.8 Å². The summed E-state index contributed by atoms with van der Waals surface area (Å²) in [6.07, 6.45) is 3.00. The Balaban J connectivity index is 2.32. The van der Waals surface area contributed by atoms with E-state index in [0.717, 1.165) is 25.9 Å². The second-order valence-corrected chi connectivity index (χ2v) is 5.27. The molecular weight excluding hydrogens is 216 g/mol. The molecule has 1 aliphatic rings. The van der Waals surface area contributed by atoms with Crippen molar-refractivity contribution in [3.63, 3.8) is 0 Å². The van der Waals surface area contributed by atoms with Gasteiger partial charge in [0.05, 0.1) is 12.1 Å². The first-order valence-corrected chi connectivity index (χ1v) is 6.71. The number of hydrogen-bond donors (Lipinski definition) is 2. The first kappa shape index (κ1) is 14.5. The van der Waals surface area contributed by atoms with Gasteiger partial charge in [-0.15, -0.1) is 0 Å². The van der Waals surface area contributed by atoms with E-state index in [2.05, 4.69) is 19.2 Å². The Labute approximate surface area is 104 Å². The van der Waals surface area contributed by atoms with Crippen LogP contribution in [0.15, 0.2) is 0 Å². The van der Waals surface area contributed by atoms with Crippen molar-refractivity contribution in [1.29, 1.82) is 0 Å². The van der Waals surface area contributed by atoms with Gasteiger partial charge < -0.3 is 15.8 Å². The number of carbonyl (C=O) groups excluding carboxylic acids is 1. The van der Waals surface area contributed by atoms with Crippen LogP contribution in [0.3, 0.4) is 0 Å². The minimum atomic E-state index is -0.361. The van der Waals surface area contributed by atoms with Crippen LogP contribution in [-0.2, 0) is 9.53 Å². The second-order valence-electron chi connectivity index (χ2n) is 5.27. The van der Waals surface area contributed by atoms with Gasteiger partial charge in [0.1, 0.15) is 0 Å². The molecule has 1 fully saturated rings. The topological polar surface area (TPSA) is 64.4 Å². The van der Waals surface area contributed by atoms with Crippen molar-refractivity contribution < 1.29 is 9.53 Å². The lowest BCUT2D eigenvalue weighted by atomic mass is 9.93. The molecule has 1 amide bonds. The quantitative estimate of drug-likeness (QED) is 0.737. The van der Waals surface area contributed by atoms with Crippen LogP contribution in [0.2, 0.25) is 0 Å². The van der Waals surface area contributed by atoms with E-state index in [4.69, 9.17) is 10.5 Å². The van der Waals surface area contributed by atoms with Gasteiger partial charge in [-0.3, -0.25) is 4.79 Å². The molecule has 3 unspecified atom stereocenters. The smallest absolute Gasteiger partial charge is 0.236 e. The molecule has 100 valence electrons. The fraction of sp³-hybridized carbons (Fsp3) is 0.923. The van der Waals surface area contributed by atoms with E-state index in [-0.39, 0.29) is 18.1 Å². The minimum absolute atomic E-state index is 0.0266. The molecule has 1 heterocycles. The van der Waals surface area contributed by atoms with Gasteiger partial charge in [0.15, 0.2) is 0 Å². The van der Waals surface area contributed by atoms with Crippen molar-refractivity contribution in [2.45, 2.75) is 52.2 Å². The largest absolute Gasteiger partial charge is 0.378 e. The molecule has 0 aromatic heterocycles. The van der Waals surface area contributed by atoms with Gasteiger partial charge in [-0.2, -0.15) is 0 Å². The Morgan fingerprint density at radius 2 is 2.24 bits per heavy atom. The molecule has 0 aliphatic carbocycles. The summed E-state index contributed by atoms with van der Waals surface area (Å²) in [5, 5.41) is 2.95. The predicted molar refractivity (Wildman–Crippen MR) is 68.6 cm³/mol. The summed E-state index contributed by atoms with van der Waals surface area (Å²) in [6, 6.07) is -0.361. The van der Waals surface area contributed by atoms with Gasteiger partial charge in [-0.25, -0.2) is 0 Å². The molecule has 4 heteroatoms. The molecule has 0 radical (unpaired) electrons. The third kappa shape index (κ3) is 4.28. The number of ether oxygens (including phenoxy) is 1. The third-order valence-corrected chi connectivity index (χ3v) is 3.40. The standard InChI is InChI=1S/C13H26N2O2/c1-4-5-11(14)13(16)15-8-10-6-7-17-12(10)9(2)3/h9-12H,4-8,14H2,1-3H3,(H,15,16). The molecule has 0 aromatic rings. The van der Waals surface area contributed by atoms with Crippen LogP contribution < -0.4 is 11.1 Å². The van der Waals surface area contributed by atoms with Crippen molar-refractivity contribution in [3.05, 3.63) is 0 Å². The fourth-order valence-electron chi connectivity index (χ4n) is 2.42. The van der Waals surface area contributed by atoms with Crippen LogP contribution >= 0.6 is 0 Å². The number of nitrogens with one attached hydrogen (secondary N) is 1. The minimum Gasteiger partial charge on any atom is -0.378 e. The van der Waals surface area contributed by atoms with E-state index >= 15 is 0 Å². The van der Waals surface area contributed by atoms with Crippen LogP contribution in [-0.4, -0.2) is 31.2 Å². The van der Waals surface area contributed by atoms with Crippen molar-refractivity contribution >= 4 is 5.91 Å². The van der Waals surface area contributed by atoms with Gasteiger partial charge in [-0.1, -0.05) is 27.2 Å². The van der Waals surface area contributed by atoms with Crippen LogP contribution in [0.25, 0.3) is 0 Å². The maximum atomic E-state index is 11.7. The fourth-order valence-corrected chi connectivity index (χ4v) is 2.42. The molecule has 3 N–H and O–H groups in total. The summed E-state index contributed by atoms with van der Waals surface area (Å²) >= 11 is 0. The molecular formula is C13H26N2O2. The molecule has 0 aromatic carbocycles. The van der Waals surface area contributed by atoms with Crippen LogP contribution in [0.1, 0.15) is 40.0 Å². The highest BCUT2D eigenvalue weighted by molar-refractivity contribution is 5.81. The van der Waals surface area contributed by atoms with Crippen molar-refractivity contribution in [2.75, 3.05) is 13.2 Å². The number of hydrogen-bond acceptors (Lipinski definition) is 3. The number of carbonyl (C=O) groups is 1. The Bertz CT molecular complexity index is 244. The summed E-state index contributed by atoms with van der Waals surface area (Å²) < 4.78 is 5.68. The Morgan fingerprint density at radius 1 is 1.53 bits per heavy atom. The maximum absolute atomic E-state index is 11.7. The molecule has 1 saturated heterocycles. The highest BCUT2D eigenvalue weighted by Crippen LogP contribution is 2.26. The first-order chi connectivity index (χ1) is 8.06. The van der Waals surface area contributed by atoms with Crippen LogP contribution in [0.4, 0.5) is 0 Å². The molecule has 3 atom stereocenters. The Kier molecular flexibility index (Phi) is 5.92. The van der Waals surface area contributed by atoms with E-state index in [9.17, 15) is 4.79 Å². The third-order valence-electron chi connectivity index (χ3n) is 3.40. The average Bonchev–Trinajstić information content (AvgIpc) is 2.74. The van der Waals surface area contributed by atoms with Gasteiger partial charge in [0.25, 0.3) is 0 Å². The highest BCUT2D eigenvalue weighted by atomic mass is 16.5. The van der Waals surface area contributed by atoms with Gasteiger partial charge in [0, 0.05) is 19.1 Å². The lowest BCUT2D eigenvalue weighted by Gasteiger charge is -2.22. The Morgan fingerprint density at radius 3 is 2.82 bits per heavy atom. The monoisotopic (exact) mass is 242 g/mol. The first-order valence-electron chi connectivity index (χ1n) is 6.71. The Hall–Kier alpha value is -0.610. The molecule has 17 heavy (non-hydrogen) atoms. The van der Waals surface area contributed by atoms with E-state index < -0.39 is 0 Å². The SMILES string of the molecule is CCCC(N)C(=O)NCC1CCOC1C(C)C. The van der Waals surface area contributed by atoms with E-state index in [0.29, 0.717) is 18.4 Å². The molecule has 0 saturated carbocycles. The number of amides is 1. The summed E-state index contributed by atoms with van der Waals surface area (Å²) in [7, 11) is 0. The van der Waals surface area contributed by atoms with Crippen LogP contribution in [0.5, 0.6) is 0 Å². The zero-order chi connectivity index (χ0) is 12.8. The summed E-state index contributed by atoms with van der Waals surface area (Å²) in [6.45, 7) is 7.86. The lowest BCUT2D eigenvalue weighted by Crippen LogP contribution is -2.43. The summed E-state index contributed by atoms with van der Waals surface area (Å²) in [5.74, 6) is 0.915. The van der Waals surface area contributed by atoms with Crippen molar-refractivity contribution in [2.24, 2.45) is 17.6 Å². The summed E-state index contributed by atoms with van der Waals surface area (Å²) in [4.78, 5) is 11.7. The van der Waals surface area contributed by atoms with Gasteiger partial charge in [-0.05, 0) is 18.8 Å². The lowest BCUT2D eigenvalue weighted by molar-refractivity contribution is -0.122. The predicted octanol–water partition coefficient (Wildman–Crippen LogP) is 1.29. The number of rotatable bonds is 6. The molecule has 1 aliphatic heterocycles. The van der Waals surface area contributed by atoms with Gasteiger partial charge >= 0.3 is 0 Å². The maximum Gasteiger partial charge on any atom is 0.236 e. The van der Waals surface area contributed by atoms with E-state index in [1.54, 1.807) is 0 Å². The van der Waals surface area contributed by atoms with E-state index in [1.165, 1.54) is 0 Å². The summed E-state index contributed by atoms with van der Waals surface area (Å²) in [5.41, 5.74) is 5.76. The molecule has 0 bridgehead atoms. The van der Waals surface area contributed by atoms with E-state index in [1.807, 2.05) is 6.92 Å². The molecule has 4 nitrogen and oxygen atoms in total.